The summed E-state index contributed by atoms with van der Waals surface area (Å²) in [5.74, 6) is -0.412. The highest BCUT2D eigenvalue weighted by Gasteiger charge is 2.38. The summed E-state index contributed by atoms with van der Waals surface area (Å²) in [6.07, 6.45) is 0.485. The predicted octanol–water partition coefficient (Wildman–Crippen LogP) is -0.0185. The number of hydrogen-bond acceptors (Lipinski definition) is 6. The number of carbonyl (C=O) groups excluding carboxylic acids is 1. The molecular weight excluding hydrogens is 252 g/mol. The van der Waals surface area contributed by atoms with Crippen LogP contribution in [0, 0.1) is 0 Å². The summed E-state index contributed by atoms with van der Waals surface area (Å²) >= 11 is 0. The summed E-state index contributed by atoms with van der Waals surface area (Å²) in [7, 11) is 0. The number of hydrogen-bond donors (Lipinski definition) is 3. The number of unbranched alkanes of at least 4 members (excludes halogenated alkanes) is 3. The fourth-order valence-corrected chi connectivity index (χ4v) is 2.01. The monoisotopic (exact) mass is 276 g/mol. The van der Waals surface area contributed by atoms with Gasteiger partial charge in [0.25, 0.3) is 0 Å². The van der Waals surface area contributed by atoms with E-state index in [4.69, 9.17) is 14.6 Å². The van der Waals surface area contributed by atoms with Crippen molar-refractivity contribution in [2.24, 2.45) is 0 Å². The molecule has 1 rings (SSSR count). The second-order valence-electron chi connectivity index (χ2n) is 4.85. The van der Waals surface area contributed by atoms with E-state index in [1.54, 1.807) is 0 Å². The maximum absolute atomic E-state index is 11.6. The van der Waals surface area contributed by atoms with Gasteiger partial charge in [0.2, 0.25) is 0 Å². The smallest absolute Gasteiger partial charge is 0.190 e. The van der Waals surface area contributed by atoms with Crippen molar-refractivity contribution in [2.45, 2.75) is 63.6 Å². The maximum Gasteiger partial charge on any atom is 0.190 e. The Morgan fingerprint density at radius 3 is 2.68 bits per heavy atom. The van der Waals surface area contributed by atoms with Gasteiger partial charge in [0.05, 0.1) is 6.61 Å². The molecule has 0 aromatic carbocycles. The van der Waals surface area contributed by atoms with E-state index in [2.05, 4.69) is 6.92 Å². The molecule has 1 heterocycles. The molecule has 1 fully saturated rings. The minimum atomic E-state index is -1.42. The van der Waals surface area contributed by atoms with Crippen LogP contribution >= 0.6 is 0 Å². The Morgan fingerprint density at radius 1 is 1.32 bits per heavy atom. The van der Waals surface area contributed by atoms with Crippen LogP contribution in [-0.4, -0.2) is 58.9 Å². The predicted molar refractivity (Wildman–Crippen MR) is 67.5 cm³/mol. The molecule has 0 radical (unpaired) electrons. The second-order valence-corrected chi connectivity index (χ2v) is 4.85. The summed E-state index contributed by atoms with van der Waals surface area (Å²) in [6.45, 7) is 1.38. The van der Waals surface area contributed by atoms with Crippen LogP contribution in [0.1, 0.15) is 39.0 Å². The van der Waals surface area contributed by atoms with Crippen molar-refractivity contribution in [1.82, 2.24) is 0 Å². The van der Waals surface area contributed by atoms with Gasteiger partial charge >= 0.3 is 0 Å². The summed E-state index contributed by atoms with van der Waals surface area (Å²) in [5.41, 5.74) is 0. The van der Waals surface area contributed by atoms with Crippen LogP contribution in [0.5, 0.6) is 0 Å². The third-order valence-electron chi connectivity index (χ3n) is 3.21. The van der Waals surface area contributed by atoms with Gasteiger partial charge in [-0.2, -0.15) is 0 Å². The van der Waals surface area contributed by atoms with Gasteiger partial charge in [0.15, 0.2) is 12.1 Å². The zero-order chi connectivity index (χ0) is 14.3. The molecule has 1 unspecified atom stereocenters. The summed E-state index contributed by atoms with van der Waals surface area (Å²) in [5, 5.41) is 27.9. The molecule has 0 amide bonds. The first-order valence-corrected chi connectivity index (χ1v) is 6.87. The number of carbonyl (C=O) groups is 1. The van der Waals surface area contributed by atoms with Crippen molar-refractivity contribution in [3.8, 4) is 0 Å². The average molecular weight is 276 g/mol. The van der Waals surface area contributed by atoms with Crippen LogP contribution in [-0.2, 0) is 14.3 Å². The lowest BCUT2D eigenvalue weighted by atomic mass is 10.0. The van der Waals surface area contributed by atoms with Crippen molar-refractivity contribution in [1.29, 1.82) is 0 Å². The Kier molecular flexibility index (Phi) is 7.48. The molecule has 1 aliphatic heterocycles. The molecule has 0 spiro atoms. The van der Waals surface area contributed by atoms with Crippen molar-refractivity contribution in [3.63, 3.8) is 0 Å². The first-order chi connectivity index (χ1) is 9.10. The van der Waals surface area contributed by atoms with Crippen LogP contribution in [0.25, 0.3) is 0 Å². The minimum absolute atomic E-state index is 0.127. The molecule has 0 saturated carbocycles. The van der Waals surface area contributed by atoms with Gasteiger partial charge in [-0.25, -0.2) is 0 Å². The highest BCUT2D eigenvalue weighted by atomic mass is 16.7. The van der Waals surface area contributed by atoms with E-state index >= 15 is 0 Å². The molecule has 0 bridgehead atoms. The normalized spacial score (nSPS) is 27.3. The van der Waals surface area contributed by atoms with Crippen LogP contribution in [0.2, 0.25) is 0 Å². The molecule has 4 atom stereocenters. The quantitative estimate of drug-likeness (QED) is 0.539. The molecule has 6 nitrogen and oxygen atoms in total. The molecule has 6 heteroatoms. The number of ether oxygens (including phenoxy) is 2. The fourth-order valence-electron chi connectivity index (χ4n) is 2.01. The lowest BCUT2D eigenvalue weighted by Gasteiger charge is -2.33. The van der Waals surface area contributed by atoms with Gasteiger partial charge in [-0.3, -0.25) is 4.79 Å². The van der Waals surface area contributed by atoms with E-state index in [1.165, 1.54) is 0 Å². The van der Waals surface area contributed by atoms with Gasteiger partial charge in [-0.1, -0.05) is 26.2 Å². The minimum Gasteiger partial charge on any atom is -0.394 e. The van der Waals surface area contributed by atoms with E-state index in [-0.39, 0.29) is 6.61 Å². The van der Waals surface area contributed by atoms with E-state index < -0.39 is 37.0 Å². The molecule has 3 N–H and O–H groups in total. The van der Waals surface area contributed by atoms with Gasteiger partial charge in [-0.15, -0.1) is 0 Å². The average Bonchev–Trinajstić information content (AvgIpc) is 2.43. The van der Waals surface area contributed by atoms with Crippen molar-refractivity contribution in [3.05, 3.63) is 0 Å². The fraction of sp³-hybridized carbons (Fsp3) is 0.923. The Labute approximate surface area is 113 Å². The van der Waals surface area contributed by atoms with Gasteiger partial charge < -0.3 is 24.8 Å². The van der Waals surface area contributed by atoms with Crippen molar-refractivity contribution in [2.75, 3.05) is 13.2 Å². The Balaban J connectivity index is 2.41. The first kappa shape index (κ1) is 16.5. The van der Waals surface area contributed by atoms with E-state index in [9.17, 15) is 15.0 Å². The van der Waals surface area contributed by atoms with Crippen LogP contribution < -0.4 is 0 Å². The Morgan fingerprint density at radius 2 is 2.05 bits per heavy atom. The summed E-state index contributed by atoms with van der Waals surface area (Å²) in [6, 6.07) is 0. The van der Waals surface area contributed by atoms with E-state index in [0.29, 0.717) is 6.42 Å². The zero-order valence-electron chi connectivity index (χ0n) is 11.3. The largest absolute Gasteiger partial charge is 0.394 e. The molecule has 0 aliphatic carbocycles. The Hall–Kier alpha value is -0.530. The maximum atomic E-state index is 11.6. The lowest BCUT2D eigenvalue weighted by Crippen LogP contribution is -2.51. The van der Waals surface area contributed by atoms with E-state index in [1.807, 2.05) is 0 Å². The van der Waals surface area contributed by atoms with Crippen LogP contribution in [0.3, 0.4) is 0 Å². The summed E-state index contributed by atoms with van der Waals surface area (Å²) in [4.78, 5) is 11.6. The van der Waals surface area contributed by atoms with Gasteiger partial charge in [0.1, 0.15) is 24.9 Å². The molecule has 1 saturated heterocycles. The second kappa shape index (κ2) is 8.60. The molecule has 0 aromatic heterocycles. The number of ketones is 1. The summed E-state index contributed by atoms with van der Waals surface area (Å²) < 4.78 is 10.6. The SMILES string of the molecule is CCCCCCC1OCC(=O)[C@@H]([C@@H](O)[C@H](O)CO)O1. The number of aliphatic hydroxyl groups is 3. The van der Waals surface area contributed by atoms with Gasteiger partial charge in [-0.05, 0) is 12.8 Å². The molecule has 0 aromatic rings. The third kappa shape index (κ3) is 5.16. The Bertz CT molecular complexity index is 270. The number of rotatable bonds is 8. The number of Topliss-reactive ketones (excluding diaryl/α,β-unsaturated/α-hetero) is 1. The van der Waals surface area contributed by atoms with Gasteiger partial charge in [0, 0.05) is 0 Å². The van der Waals surface area contributed by atoms with Crippen molar-refractivity contribution >= 4 is 5.78 Å². The molecular formula is C13H24O6. The topological polar surface area (TPSA) is 96.2 Å². The standard InChI is InChI=1S/C13H24O6/c1-2-3-4-5-6-11-18-8-10(16)13(19-11)12(17)9(15)7-14/h9,11-15,17H,2-8H2,1H3/t9-,11?,12+,13+/m1/s1. The van der Waals surface area contributed by atoms with Crippen molar-refractivity contribution < 1.29 is 29.6 Å². The molecule has 1 aliphatic rings. The first-order valence-electron chi connectivity index (χ1n) is 6.87. The highest BCUT2D eigenvalue weighted by molar-refractivity contribution is 5.85. The zero-order valence-corrected chi connectivity index (χ0v) is 11.3. The highest BCUT2D eigenvalue weighted by Crippen LogP contribution is 2.19. The van der Waals surface area contributed by atoms with E-state index in [0.717, 1.165) is 25.7 Å². The molecule has 112 valence electrons. The lowest BCUT2D eigenvalue weighted by molar-refractivity contribution is -0.234. The third-order valence-corrected chi connectivity index (χ3v) is 3.21. The number of aliphatic hydroxyl groups excluding tert-OH is 3. The molecule has 19 heavy (non-hydrogen) atoms. The van der Waals surface area contributed by atoms with Crippen LogP contribution in [0.15, 0.2) is 0 Å². The van der Waals surface area contributed by atoms with Crippen LogP contribution in [0.4, 0.5) is 0 Å².